The average Bonchev–Trinajstić information content (AvgIpc) is 2.96. The van der Waals surface area contributed by atoms with Crippen LogP contribution in [0.1, 0.15) is 95.7 Å². The summed E-state index contributed by atoms with van der Waals surface area (Å²) in [4.78, 5) is 46.5. The van der Waals surface area contributed by atoms with Crippen molar-refractivity contribution < 1.29 is 24.3 Å². The normalized spacial score (nSPS) is 39.5. The average molecular weight is 603 g/mol. The van der Waals surface area contributed by atoms with Gasteiger partial charge in [0.05, 0.1) is 10.5 Å². The molecule has 7 aliphatic rings. The van der Waals surface area contributed by atoms with Crippen LogP contribution in [0.5, 0.6) is 0 Å². The van der Waals surface area contributed by atoms with Crippen LogP contribution in [0.4, 0.5) is 5.82 Å². The highest BCUT2D eigenvalue weighted by Crippen LogP contribution is 2.62. The van der Waals surface area contributed by atoms with Gasteiger partial charge >= 0.3 is 0 Å². The number of aromatic nitrogens is 2. The second-order valence-electron chi connectivity index (χ2n) is 12.7. The van der Waals surface area contributed by atoms with Gasteiger partial charge in [0.15, 0.2) is 5.82 Å². The van der Waals surface area contributed by atoms with E-state index < -0.39 is 11.6 Å². The van der Waals surface area contributed by atoms with Gasteiger partial charge in [-0.15, -0.1) is 0 Å². The van der Waals surface area contributed by atoms with E-state index in [1.807, 2.05) is 11.1 Å². The number of hydrogen-bond donors (Lipinski definition) is 1. The zero-order valence-corrected chi connectivity index (χ0v) is 23.7. The van der Waals surface area contributed by atoms with Crippen LogP contribution in [0.15, 0.2) is 10.7 Å². The number of hydrogen-bond acceptors (Lipinski definition) is 9. The zero-order chi connectivity index (χ0) is 26.6. The first kappa shape index (κ1) is 26.1. The Morgan fingerprint density at radius 1 is 0.974 bits per heavy atom. The van der Waals surface area contributed by atoms with Gasteiger partial charge in [-0.3, -0.25) is 15.2 Å². The molecule has 6 aliphatic carbocycles. The predicted molar refractivity (Wildman–Crippen MR) is 141 cm³/mol. The van der Waals surface area contributed by atoms with Crippen LogP contribution < -0.4 is 10.4 Å². The number of amides is 1. The van der Waals surface area contributed by atoms with Crippen molar-refractivity contribution in [3.05, 3.63) is 16.5 Å². The van der Waals surface area contributed by atoms with E-state index in [-0.39, 0.29) is 23.7 Å². The second kappa shape index (κ2) is 10.2. The Balaban J connectivity index is 0.999. The SMILES string of the molecule is N#Cc1ncc(Br)c(N(NC(=O)C2CCC3(CC2)OOC2(OO3)C3CC4CC(C3)CC2C4)C2CCCCC2)n1. The Hall–Kier alpha value is -1.84. The van der Waals surface area contributed by atoms with Gasteiger partial charge in [0.25, 0.3) is 0 Å². The molecule has 10 nitrogen and oxygen atoms in total. The number of hydrazine groups is 1. The van der Waals surface area contributed by atoms with Gasteiger partial charge in [-0.05, 0) is 85.6 Å². The van der Waals surface area contributed by atoms with E-state index in [2.05, 4.69) is 31.3 Å². The fraction of sp³-hybridized carbons (Fsp3) is 0.786. The number of rotatable bonds is 4. The largest absolute Gasteiger partial charge is 0.273 e. The second-order valence-corrected chi connectivity index (χ2v) is 13.5. The minimum Gasteiger partial charge on any atom is -0.273 e. The molecule has 1 N–H and O–H groups in total. The third kappa shape index (κ3) is 4.66. The maximum atomic E-state index is 13.6. The van der Waals surface area contributed by atoms with Gasteiger partial charge in [0, 0.05) is 36.8 Å². The van der Waals surface area contributed by atoms with Crippen LogP contribution in [0, 0.1) is 40.9 Å². The summed E-state index contributed by atoms with van der Waals surface area (Å²) >= 11 is 3.53. The van der Waals surface area contributed by atoms with Crippen molar-refractivity contribution in [2.75, 3.05) is 5.01 Å². The monoisotopic (exact) mass is 601 g/mol. The molecule has 0 aromatic carbocycles. The summed E-state index contributed by atoms with van der Waals surface area (Å²) in [5.41, 5.74) is 3.16. The first-order valence-electron chi connectivity index (χ1n) is 14.7. The molecule has 0 unspecified atom stereocenters. The van der Waals surface area contributed by atoms with E-state index in [1.54, 1.807) is 6.20 Å². The van der Waals surface area contributed by atoms with E-state index in [0.717, 1.165) is 63.2 Å². The van der Waals surface area contributed by atoms with Crippen LogP contribution in [-0.2, 0) is 24.3 Å². The molecule has 2 spiro atoms. The number of nitriles is 1. The molecule has 7 fully saturated rings. The fourth-order valence-electron chi connectivity index (χ4n) is 8.36. The van der Waals surface area contributed by atoms with Crippen molar-refractivity contribution in [1.29, 1.82) is 5.26 Å². The van der Waals surface area contributed by atoms with Gasteiger partial charge < -0.3 is 0 Å². The van der Waals surface area contributed by atoms with Gasteiger partial charge in [-0.25, -0.2) is 4.98 Å². The quantitative estimate of drug-likeness (QED) is 0.365. The fourth-order valence-corrected chi connectivity index (χ4v) is 8.74. The molecule has 1 saturated heterocycles. The van der Waals surface area contributed by atoms with Crippen molar-refractivity contribution in [2.45, 2.75) is 108 Å². The molecule has 1 aliphatic heterocycles. The van der Waals surface area contributed by atoms with Gasteiger partial charge in [-0.1, -0.05) is 19.3 Å². The summed E-state index contributed by atoms with van der Waals surface area (Å²) in [5.74, 6) is 0.857. The number of anilines is 1. The number of nitrogens with one attached hydrogen (secondary N) is 1. The first-order valence-corrected chi connectivity index (χ1v) is 15.5. The highest BCUT2D eigenvalue weighted by Gasteiger charge is 2.64. The minimum atomic E-state index is -0.961. The van der Waals surface area contributed by atoms with Crippen molar-refractivity contribution >= 4 is 27.7 Å². The number of carbonyl (C=O) groups is 1. The Labute approximate surface area is 237 Å². The summed E-state index contributed by atoms with van der Waals surface area (Å²) in [6.45, 7) is 0. The van der Waals surface area contributed by atoms with Gasteiger partial charge in [0.2, 0.25) is 23.3 Å². The molecule has 4 bridgehead atoms. The van der Waals surface area contributed by atoms with Crippen molar-refractivity contribution in [2.24, 2.45) is 29.6 Å². The van der Waals surface area contributed by atoms with E-state index >= 15 is 0 Å². The molecule has 2 heterocycles. The molecule has 1 aromatic heterocycles. The molecular weight excluding hydrogens is 566 g/mol. The van der Waals surface area contributed by atoms with Crippen molar-refractivity contribution in [1.82, 2.24) is 15.4 Å². The predicted octanol–water partition coefficient (Wildman–Crippen LogP) is 5.23. The lowest BCUT2D eigenvalue weighted by molar-refractivity contribution is -0.680. The molecule has 11 heteroatoms. The lowest BCUT2D eigenvalue weighted by Gasteiger charge is -2.60. The highest BCUT2D eigenvalue weighted by atomic mass is 79.9. The van der Waals surface area contributed by atoms with Gasteiger partial charge in [-0.2, -0.15) is 29.8 Å². The summed E-state index contributed by atoms with van der Waals surface area (Å²) in [6.07, 6.45) is 14.9. The van der Waals surface area contributed by atoms with Crippen LogP contribution in [0.2, 0.25) is 0 Å². The Bertz CT molecular complexity index is 1110. The molecule has 8 rings (SSSR count). The zero-order valence-electron chi connectivity index (χ0n) is 22.1. The summed E-state index contributed by atoms with van der Waals surface area (Å²) < 4.78 is 0.645. The third-order valence-corrected chi connectivity index (χ3v) is 10.8. The maximum Gasteiger partial charge on any atom is 0.241 e. The van der Waals surface area contributed by atoms with Crippen LogP contribution in [0.25, 0.3) is 0 Å². The van der Waals surface area contributed by atoms with Crippen LogP contribution in [-0.4, -0.2) is 33.5 Å². The standard InChI is InChI=1S/C28H36BrN5O5/c29-23-16-31-24(15-30)32-25(23)34(22-4-2-1-3-5-22)33-26(35)19-6-8-27(9-7-19)36-38-28(39-37-27)20-11-17-10-18(13-20)14-21(28)12-17/h16-22H,1-14H2,(H,33,35). The lowest BCUT2D eigenvalue weighted by atomic mass is 9.53. The summed E-state index contributed by atoms with van der Waals surface area (Å²) in [6, 6.07) is 2.12. The topological polar surface area (TPSA) is 119 Å². The smallest absolute Gasteiger partial charge is 0.241 e. The van der Waals surface area contributed by atoms with E-state index in [4.69, 9.17) is 19.6 Å². The third-order valence-electron chi connectivity index (χ3n) is 10.3. The molecular formula is C28H36BrN5O5. The first-order chi connectivity index (χ1) is 19.0. The minimum absolute atomic E-state index is 0.0606. The van der Waals surface area contributed by atoms with E-state index in [0.29, 0.717) is 47.8 Å². The summed E-state index contributed by atoms with van der Waals surface area (Å²) in [5, 5.41) is 11.2. The highest BCUT2D eigenvalue weighted by molar-refractivity contribution is 9.10. The number of halogens is 1. The Morgan fingerprint density at radius 2 is 1.62 bits per heavy atom. The lowest BCUT2D eigenvalue weighted by Crippen LogP contribution is -2.65. The van der Waals surface area contributed by atoms with Crippen LogP contribution in [0.3, 0.4) is 0 Å². The number of nitrogens with zero attached hydrogens (tertiary/aromatic N) is 4. The van der Waals surface area contributed by atoms with Crippen LogP contribution >= 0.6 is 15.9 Å². The molecule has 6 saturated carbocycles. The van der Waals surface area contributed by atoms with E-state index in [1.165, 1.54) is 12.8 Å². The summed E-state index contributed by atoms with van der Waals surface area (Å²) in [7, 11) is 0. The molecule has 0 radical (unpaired) electrons. The Morgan fingerprint density at radius 3 is 2.23 bits per heavy atom. The maximum absolute atomic E-state index is 13.6. The molecule has 1 aromatic rings. The van der Waals surface area contributed by atoms with Crippen molar-refractivity contribution in [3.63, 3.8) is 0 Å². The molecule has 39 heavy (non-hydrogen) atoms. The Kier molecular flexibility index (Phi) is 6.83. The molecule has 0 atom stereocenters. The molecule has 210 valence electrons. The van der Waals surface area contributed by atoms with Crippen molar-refractivity contribution in [3.8, 4) is 6.07 Å². The van der Waals surface area contributed by atoms with E-state index in [9.17, 15) is 10.1 Å². The van der Waals surface area contributed by atoms with Gasteiger partial charge in [0.1, 0.15) is 6.07 Å². The number of carbonyl (C=O) groups excluding carboxylic acids is 1. The molecule has 1 amide bonds.